The molecule has 1 saturated carbocycles. The van der Waals surface area contributed by atoms with E-state index in [9.17, 15) is 9.59 Å². The first-order valence-electron chi connectivity index (χ1n) is 6.32. The Kier molecular flexibility index (Phi) is 3.13. The van der Waals surface area contributed by atoms with E-state index in [1.54, 1.807) is 0 Å². The lowest BCUT2D eigenvalue weighted by molar-refractivity contribution is -0.122. The molecule has 3 rings (SSSR count). The predicted molar refractivity (Wildman–Crippen MR) is 77.1 cm³/mol. The molecule has 1 heterocycles. The van der Waals surface area contributed by atoms with E-state index >= 15 is 0 Å². The summed E-state index contributed by atoms with van der Waals surface area (Å²) < 4.78 is 1.10. The largest absolute Gasteiger partial charge is 0.274 e. The Hall–Kier alpha value is -0.910. The normalized spacial score (nSPS) is 27.5. The van der Waals surface area contributed by atoms with Crippen LogP contribution in [0.25, 0.3) is 0 Å². The van der Waals surface area contributed by atoms with Crippen molar-refractivity contribution in [2.75, 3.05) is 4.90 Å². The molecule has 0 unspecified atom stereocenters. The summed E-state index contributed by atoms with van der Waals surface area (Å²) in [6, 6.07) is 7.57. The molecule has 0 N–H and O–H groups in total. The number of nitrogens with zero attached hydrogens (tertiary/aromatic N) is 1. The second-order valence-corrected chi connectivity index (χ2v) is 6.23. The van der Waals surface area contributed by atoms with E-state index in [0.717, 1.165) is 34.9 Å². The van der Waals surface area contributed by atoms with Crippen LogP contribution in [-0.2, 0) is 9.59 Å². The first-order chi connectivity index (χ1) is 8.68. The van der Waals surface area contributed by atoms with Crippen LogP contribution in [0.15, 0.2) is 24.3 Å². The molecule has 1 saturated heterocycles. The maximum atomic E-state index is 12.3. The minimum atomic E-state index is -0.0643. The molecule has 1 aliphatic carbocycles. The van der Waals surface area contributed by atoms with Crippen molar-refractivity contribution in [3.63, 3.8) is 0 Å². The number of hydrogen-bond acceptors (Lipinski definition) is 2. The molecule has 0 radical (unpaired) electrons. The number of imide groups is 1. The van der Waals surface area contributed by atoms with Crippen LogP contribution in [0.4, 0.5) is 5.69 Å². The van der Waals surface area contributed by atoms with Gasteiger partial charge in [0.2, 0.25) is 11.8 Å². The standard InChI is InChI=1S/C14H14INO2/c15-9-5-7-10(8-6-9)16-13(17)11-3-1-2-4-12(11)14(16)18/h5-8,11-12H,1-4H2/t11-,12+. The number of fused-ring (bicyclic) bond motifs is 1. The number of benzene rings is 1. The highest BCUT2D eigenvalue weighted by Gasteiger charge is 2.48. The molecule has 0 spiro atoms. The van der Waals surface area contributed by atoms with Crippen LogP contribution in [0.2, 0.25) is 0 Å². The molecule has 94 valence electrons. The van der Waals surface area contributed by atoms with Crippen molar-refractivity contribution in [1.82, 2.24) is 0 Å². The molecule has 2 atom stereocenters. The summed E-state index contributed by atoms with van der Waals surface area (Å²) in [5, 5.41) is 0. The molecule has 0 aromatic heterocycles. The van der Waals surface area contributed by atoms with Crippen molar-refractivity contribution in [3.05, 3.63) is 27.8 Å². The zero-order chi connectivity index (χ0) is 12.7. The van der Waals surface area contributed by atoms with Crippen LogP contribution in [0, 0.1) is 15.4 Å². The predicted octanol–water partition coefficient (Wildman–Crippen LogP) is 2.97. The summed E-state index contributed by atoms with van der Waals surface area (Å²) in [5.41, 5.74) is 0.722. The quantitative estimate of drug-likeness (QED) is 0.574. The monoisotopic (exact) mass is 355 g/mol. The number of carbonyl (C=O) groups is 2. The highest BCUT2D eigenvalue weighted by Crippen LogP contribution is 2.39. The fraction of sp³-hybridized carbons (Fsp3) is 0.429. The molecule has 1 aromatic carbocycles. The summed E-state index contributed by atoms with van der Waals surface area (Å²) in [7, 11) is 0. The molecule has 1 aliphatic heterocycles. The van der Waals surface area contributed by atoms with Gasteiger partial charge in [0, 0.05) is 3.57 Å². The maximum absolute atomic E-state index is 12.3. The van der Waals surface area contributed by atoms with Gasteiger partial charge in [-0.15, -0.1) is 0 Å². The van der Waals surface area contributed by atoms with Gasteiger partial charge in [-0.1, -0.05) is 12.8 Å². The van der Waals surface area contributed by atoms with E-state index in [4.69, 9.17) is 0 Å². The minimum Gasteiger partial charge on any atom is -0.274 e. The SMILES string of the molecule is O=C1[C@H]2CCCC[C@H]2C(=O)N1c1ccc(I)cc1. The summed E-state index contributed by atoms with van der Waals surface area (Å²) in [6.45, 7) is 0. The van der Waals surface area contributed by atoms with Crippen LogP contribution in [0.1, 0.15) is 25.7 Å². The van der Waals surface area contributed by atoms with Gasteiger partial charge in [0.15, 0.2) is 0 Å². The minimum absolute atomic E-state index is 0.00547. The Labute approximate surface area is 120 Å². The molecule has 18 heavy (non-hydrogen) atoms. The van der Waals surface area contributed by atoms with Gasteiger partial charge in [0.1, 0.15) is 0 Å². The van der Waals surface area contributed by atoms with Gasteiger partial charge in [-0.25, -0.2) is 0 Å². The Morgan fingerprint density at radius 1 is 0.944 bits per heavy atom. The van der Waals surface area contributed by atoms with Crippen LogP contribution < -0.4 is 4.90 Å². The Morgan fingerprint density at radius 2 is 1.44 bits per heavy atom. The van der Waals surface area contributed by atoms with Crippen LogP contribution in [0.5, 0.6) is 0 Å². The van der Waals surface area contributed by atoms with Crippen LogP contribution >= 0.6 is 22.6 Å². The van der Waals surface area contributed by atoms with Crippen molar-refractivity contribution >= 4 is 40.1 Å². The molecule has 1 aromatic rings. The number of carbonyl (C=O) groups excluding carboxylic acids is 2. The van der Waals surface area contributed by atoms with E-state index in [0.29, 0.717) is 0 Å². The third-order valence-electron chi connectivity index (χ3n) is 3.93. The lowest BCUT2D eigenvalue weighted by Crippen LogP contribution is -2.30. The summed E-state index contributed by atoms with van der Waals surface area (Å²) >= 11 is 2.21. The lowest BCUT2D eigenvalue weighted by Gasteiger charge is -2.19. The second kappa shape index (κ2) is 4.64. The van der Waals surface area contributed by atoms with Crippen molar-refractivity contribution in [1.29, 1.82) is 0 Å². The Bertz CT molecular complexity index is 473. The first-order valence-corrected chi connectivity index (χ1v) is 7.40. The number of rotatable bonds is 1. The van der Waals surface area contributed by atoms with Gasteiger partial charge in [-0.2, -0.15) is 0 Å². The van der Waals surface area contributed by atoms with E-state index < -0.39 is 0 Å². The number of amides is 2. The van der Waals surface area contributed by atoms with Crippen molar-refractivity contribution in [2.24, 2.45) is 11.8 Å². The maximum Gasteiger partial charge on any atom is 0.237 e. The third-order valence-corrected chi connectivity index (χ3v) is 4.65. The third kappa shape index (κ3) is 1.86. The zero-order valence-corrected chi connectivity index (χ0v) is 12.1. The molecular formula is C14H14INO2. The topological polar surface area (TPSA) is 37.4 Å². The molecule has 2 fully saturated rings. The highest BCUT2D eigenvalue weighted by atomic mass is 127. The van der Waals surface area contributed by atoms with Gasteiger partial charge in [0.05, 0.1) is 17.5 Å². The van der Waals surface area contributed by atoms with Gasteiger partial charge < -0.3 is 0 Å². The van der Waals surface area contributed by atoms with E-state index in [2.05, 4.69) is 22.6 Å². The van der Waals surface area contributed by atoms with Gasteiger partial charge in [0.25, 0.3) is 0 Å². The molecule has 2 amide bonds. The van der Waals surface area contributed by atoms with Gasteiger partial charge >= 0.3 is 0 Å². The van der Waals surface area contributed by atoms with E-state index in [-0.39, 0.29) is 23.7 Å². The zero-order valence-electron chi connectivity index (χ0n) is 9.93. The lowest BCUT2D eigenvalue weighted by atomic mass is 9.81. The van der Waals surface area contributed by atoms with E-state index in [1.807, 2.05) is 24.3 Å². The van der Waals surface area contributed by atoms with Gasteiger partial charge in [-0.3, -0.25) is 14.5 Å². The van der Waals surface area contributed by atoms with Gasteiger partial charge in [-0.05, 0) is 59.7 Å². The summed E-state index contributed by atoms with van der Waals surface area (Å²) in [4.78, 5) is 26.1. The number of halogens is 1. The number of hydrogen-bond donors (Lipinski definition) is 0. The summed E-state index contributed by atoms with van der Waals surface area (Å²) in [5.74, 6) is -0.118. The molecule has 3 nitrogen and oxygen atoms in total. The molecule has 0 bridgehead atoms. The second-order valence-electron chi connectivity index (χ2n) is 4.99. The molecule has 2 aliphatic rings. The van der Waals surface area contributed by atoms with Crippen molar-refractivity contribution in [3.8, 4) is 0 Å². The van der Waals surface area contributed by atoms with Crippen LogP contribution in [-0.4, -0.2) is 11.8 Å². The molecular weight excluding hydrogens is 341 g/mol. The summed E-state index contributed by atoms with van der Waals surface area (Å²) in [6.07, 6.45) is 3.88. The average Bonchev–Trinajstić information content (AvgIpc) is 2.64. The average molecular weight is 355 g/mol. The fourth-order valence-electron chi connectivity index (χ4n) is 3.01. The number of anilines is 1. The Morgan fingerprint density at radius 3 is 1.94 bits per heavy atom. The van der Waals surface area contributed by atoms with Crippen LogP contribution in [0.3, 0.4) is 0 Å². The highest BCUT2D eigenvalue weighted by molar-refractivity contribution is 14.1. The molecule has 4 heteroatoms. The van der Waals surface area contributed by atoms with Crippen molar-refractivity contribution < 1.29 is 9.59 Å². The van der Waals surface area contributed by atoms with Crippen molar-refractivity contribution in [2.45, 2.75) is 25.7 Å². The fourth-order valence-corrected chi connectivity index (χ4v) is 3.37. The smallest absolute Gasteiger partial charge is 0.237 e. The van der Waals surface area contributed by atoms with E-state index in [1.165, 1.54) is 4.90 Å². The Balaban J connectivity index is 1.95. The first kappa shape index (κ1) is 12.1.